The van der Waals surface area contributed by atoms with Gasteiger partial charge in [-0.3, -0.25) is 0 Å². The maximum Gasteiger partial charge on any atom is 0.193 e. The second kappa shape index (κ2) is 17.1. The molecule has 0 N–H and O–H groups in total. The van der Waals surface area contributed by atoms with E-state index in [1.807, 2.05) is 0 Å². The summed E-state index contributed by atoms with van der Waals surface area (Å²) in [5.41, 5.74) is 43.0. The average molecular weight is 1280 g/mol. The van der Waals surface area contributed by atoms with Crippen molar-refractivity contribution in [2.45, 2.75) is 34.5 Å². The van der Waals surface area contributed by atoms with Crippen molar-refractivity contribution in [1.82, 2.24) is 8.80 Å². The van der Waals surface area contributed by atoms with Gasteiger partial charge in [-0.1, -0.05) is 243 Å². The van der Waals surface area contributed by atoms with E-state index in [2.05, 4.69) is 299 Å². The third-order valence-electron chi connectivity index (χ3n) is 26.7. The van der Waals surface area contributed by atoms with Crippen LogP contribution >= 0.6 is 0 Å². The number of benzene rings is 15. The Bertz CT molecular complexity index is 6830. The highest BCUT2D eigenvalue weighted by molar-refractivity contribution is 6.35. The van der Waals surface area contributed by atoms with Gasteiger partial charge in [-0.15, -0.1) is 0 Å². The minimum Gasteiger partial charge on any atom is -0.309 e. The van der Waals surface area contributed by atoms with E-state index in [9.17, 15) is 11.8 Å². The molecule has 0 amide bonds. The normalized spacial score (nSPS) is 17.9. The Kier molecular flexibility index (Phi) is 8.73. The molecule has 102 heavy (non-hydrogen) atoms. The molecular weight excluding hydrogens is 1230 g/mol. The van der Waals surface area contributed by atoms with Gasteiger partial charge in [-0.05, 0) is 192 Å². The van der Waals surface area contributed by atoms with Crippen LogP contribution in [0.2, 0.25) is 0 Å². The second-order valence-electron chi connectivity index (χ2n) is 30.2. The lowest BCUT2D eigenvalue weighted by molar-refractivity contribution is 0.759. The zero-order chi connectivity index (χ0) is 65.8. The van der Waals surface area contributed by atoms with Crippen LogP contribution in [0.15, 0.2) is 279 Å². The van der Waals surface area contributed by atoms with Crippen molar-refractivity contribution in [3.63, 3.8) is 0 Å². The fraction of sp³-hybridized carbons (Fsp3) is 0.0612. The topological polar surface area (TPSA) is 37.0 Å². The first-order valence-corrected chi connectivity index (χ1v) is 36.0. The van der Waals surface area contributed by atoms with Gasteiger partial charge in [0.2, 0.25) is 0 Å². The minimum absolute atomic E-state index is 0.0974. The molecule has 4 heterocycles. The molecule has 19 aromatic rings. The van der Waals surface area contributed by atoms with Crippen LogP contribution in [0.1, 0.15) is 141 Å². The predicted molar refractivity (Wildman–Crippen MR) is 409 cm³/mol. The molecule has 0 saturated carbocycles. The molecule has 0 unspecified atom stereocenters. The zero-order valence-electron chi connectivity index (χ0n) is 54.7. The Hall–Kier alpha value is -13.1. The molecule has 4 heteroatoms. The first kappa shape index (κ1) is 52.0. The van der Waals surface area contributed by atoms with E-state index in [1.165, 1.54) is 199 Å². The monoisotopic (exact) mass is 1280 g/mol. The lowest BCUT2D eigenvalue weighted by atomic mass is 9.59. The van der Waals surface area contributed by atoms with Crippen molar-refractivity contribution in [2.24, 2.45) is 0 Å². The number of hydrogen-bond acceptors (Lipinski definition) is 1. The zero-order valence-corrected chi connectivity index (χ0v) is 54.7. The van der Waals surface area contributed by atoms with Crippen LogP contribution < -0.4 is 0 Å². The van der Waals surface area contributed by atoms with Crippen molar-refractivity contribution in [1.29, 1.82) is 5.26 Å². The second-order valence-corrected chi connectivity index (χ2v) is 30.2. The van der Waals surface area contributed by atoms with Crippen LogP contribution in [0.3, 0.4) is 0 Å². The van der Waals surface area contributed by atoms with Gasteiger partial charge in [-0.25, -0.2) is 4.85 Å². The van der Waals surface area contributed by atoms with Gasteiger partial charge in [0.25, 0.3) is 0 Å². The van der Waals surface area contributed by atoms with Crippen molar-refractivity contribution in [3.8, 4) is 50.6 Å². The maximum absolute atomic E-state index is 12.0. The lowest BCUT2D eigenvalue weighted by Crippen LogP contribution is -2.28. The van der Waals surface area contributed by atoms with Crippen LogP contribution in [0, 0.1) is 17.9 Å². The molecule has 29 rings (SSSR count). The average Bonchev–Trinajstić information content (AvgIpc) is 1.47. The largest absolute Gasteiger partial charge is 0.309 e. The van der Waals surface area contributed by atoms with Gasteiger partial charge in [-0.2, -0.15) is 5.26 Å². The van der Waals surface area contributed by atoms with E-state index in [1.54, 1.807) is 0 Å². The first-order chi connectivity index (χ1) is 50.6. The minimum atomic E-state index is -0.641. The predicted octanol–water partition coefficient (Wildman–Crippen LogP) is 23.1. The molecular formula is C98H50N4. The highest BCUT2D eigenvalue weighted by Gasteiger charge is 2.56. The molecule has 2 spiro atoms. The summed E-state index contributed by atoms with van der Waals surface area (Å²) in [6, 6.07) is 110. The molecule has 0 atom stereocenters. The summed E-state index contributed by atoms with van der Waals surface area (Å²) >= 11 is 0. The van der Waals surface area contributed by atoms with Crippen LogP contribution in [0.25, 0.3) is 126 Å². The maximum atomic E-state index is 12.0. The molecule has 0 fully saturated rings. The van der Waals surface area contributed by atoms with E-state index in [4.69, 9.17) is 0 Å². The van der Waals surface area contributed by atoms with Crippen LogP contribution in [-0.2, 0) is 10.8 Å². The molecule has 4 bridgehead atoms. The van der Waals surface area contributed by atoms with E-state index in [-0.39, 0.29) is 23.7 Å². The molecule has 0 radical (unpaired) electrons. The summed E-state index contributed by atoms with van der Waals surface area (Å²) < 4.78 is 5.25. The number of nitrogens with zero attached hydrogens (tertiary/aromatic N) is 4. The lowest BCUT2D eigenvalue weighted by Gasteiger charge is -2.43. The summed E-state index contributed by atoms with van der Waals surface area (Å²) in [4.78, 5) is 4.68. The van der Waals surface area contributed by atoms with Gasteiger partial charge >= 0.3 is 0 Å². The summed E-state index contributed by atoms with van der Waals surface area (Å²) in [6.45, 7) is 9.43. The summed E-state index contributed by atoms with van der Waals surface area (Å²) in [5.74, 6) is -0.406. The number of hydrogen-bond donors (Lipinski definition) is 0. The first-order valence-electron chi connectivity index (χ1n) is 36.0. The SMILES string of the molecule is [C-]#[N+]c1cc2c(c3c1C1c4ccccc4C3c3ccccc31)c1c3c(cc4c5cc6c(cc5n2c41)c1cc2c(c4c5c7c(c(C#N)cc5n6c14)C1c4ccccc4C7c4ccccc41)-c1ccccc1C21c2ccccc2-c2ccccc21)C1(c2ccccc2-c2ccccc21)c1ccccc1-3. The standard InChI is InChI=1S/C98H50N4/c1-100-76-47-80-90(92-85-60-32-8-4-28-56(60)83(88(76)92)57-29-5-9-33-61(57)85)94-87-63-35-15-21-41-73(63)98(70-38-18-12-24-52(70)53-25-13-19-39-71(53)98)75(87)44-67-65-45-77-64(46-78(65)102(80)96(67)94)66-43-74-86(62-34-14-20-40-72(62)97(74)68-36-16-10-22-50(68)51-23-11-17-37-69(51)97)93-89-79(101(77)95(66)93)42-49(48-99)81-82-54-26-2-6-30-58(54)84(91(81)89)59-31-7-3-27-55(59)82/h2-47,82-85H. The molecule has 4 aromatic heterocycles. The van der Waals surface area contributed by atoms with Gasteiger partial charge in [0.1, 0.15) is 0 Å². The molecule has 10 aliphatic rings. The Morgan fingerprint density at radius 1 is 0.294 bits per heavy atom. The van der Waals surface area contributed by atoms with Gasteiger partial charge in [0, 0.05) is 72.3 Å². The summed E-state index contributed by atoms with van der Waals surface area (Å²) in [6.07, 6.45) is 0. The van der Waals surface area contributed by atoms with Crippen molar-refractivity contribution >= 4 is 81.9 Å². The van der Waals surface area contributed by atoms with Crippen molar-refractivity contribution < 1.29 is 0 Å². The molecule has 10 aliphatic carbocycles. The number of rotatable bonds is 0. The van der Waals surface area contributed by atoms with Crippen LogP contribution in [0.5, 0.6) is 0 Å². The van der Waals surface area contributed by atoms with E-state index in [0.717, 1.165) is 44.4 Å². The summed E-state index contributed by atoms with van der Waals surface area (Å²) in [5, 5.41) is 21.8. The van der Waals surface area contributed by atoms with E-state index in [0.29, 0.717) is 0 Å². The smallest absolute Gasteiger partial charge is 0.193 e. The highest BCUT2D eigenvalue weighted by atomic mass is 14.9. The molecule has 462 valence electrons. The molecule has 4 nitrogen and oxygen atoms in total. The van der Waals surface area contributed by atoms with E-state index < -0.39 is 10.8 Å². The Morgan fingerprint density at radius 2 is 0.598 bits per heavy atom. The molecule has 0 aliphatic heterocycles. The quantitative estimate of drug-likeness (QED) is 0.139. The van der Waals surface area contributed by atoms with Gasteiger partial charge < -0.3 is 8.80 Å². The van der Waals surface area contributed by atoms with Crippen LogP contribution in [-0.4, -0.2) is 8.80 Å². The number of nitriles is 1. The number of aromatic nitrogens is 2. The third kappa shape index (κ3) is 5.26. The summed E-state index contributed by atoms with van der Waals surface area (Å²) in [7, 11) is 0. The van der Waals surface area contributed by atoms with Gasteiger partial charge in [0.05, 0.1) is 56.6 Å². The fourth-order valence-electron chi connectivity index (χ4n) is 23.7. The fourth-order valence-corrected chi connectivity index (χ4v) is 23.7. The Labute approximate surface area is 584 Å². The van der Waals surface area contributed by atoms with Gasteiger partial charge in [0.15, 0.2) is 5.69 Å². The molecule has 15 aromatic carbocycles. The van der Waals surface area contributed by atoms with Crippen molar-refractivity contribution in [3.05, 3.63) is 407 Å². The Balaban J connectivity index is 0.875. The Morgan fingerprint density at radius 3 is 0.961 bits per heavy atom. The highest BCUT2D eigenvalue weighted by Crippen LogP contribution is 2.71. The van der Waals surface area contributed by atoms with E-state index >= 15 is 0 Å². The third-order valence-corrected chi connectivity index (χ3v) is 26.7. The van der Waals surface area contributed by atoms with Crippen LogP contribution in [0.4, 0.5) is 5.69 Å². The number of fused-ring (bicyclic) bond motifs is 34. The molecule has 0 saturated heterocycles. The van der Waals surface area contributed by atoms with Crippen molar-refractivity contribution in [2.75, 3.05) is 0 Å².